The van der Waals surface area contributed by atoms with E-state index in [1.807, 2.05) is 0 Å². The molecule has 1 aliphatic heterocycles. The van der Waals surface area contributed by atoms with Crippen LogP contribution in [0.1, 0.15) is 10.5 Å². The Balaban J connectivity index is 0.000000273. The van der Waals surface area contributed by atoms with Gasteiger partial charge in [-0.05, 0) is 18.2 Å². The number of thiazole rings is 1. The number of rotatable bonds is 6. The van der Waals surface area contributed by atoms with Crippen molar-refractivity contribution in [3.8, 4) is 5.75 Å². The van der Waals surface area contributed by atoms with Gasteiger partial charge in [0.2, 0.25) is 0 Å². The van der Waals surface area contributed by atoms with Crippen LogP contribution in [0.4, 0.5) is 4.79 Å². The Morgan fingerprint density at radius 2 is 2.11 bits per heavy atom. The number of hydrogen-bond acceptors (Lipinski definition) is 7. The van der Waals surface area contributed by atoms with E-state index >= 15 is 0 Å². The van der Waals surface area contributed by atoms with Gasteiger partial charge < -0.3 is 14.6 Å². The van der Waals surface area contributed by atoms with Gasteiger partial charge in [0.05, 0.1) is 5.51 Å². The average Bonchev–Trinajstić information content (AvgIpc) is 3.25. The third kappa shape index (κ3) is 6.76. The summed E-state index contributed by atoms with van der Waals surface area (Å²) in [6.45, 7) is 1.18. The molecule has 1 saturated heterocycles. The highest BCUT2D eigenvalue weighted by Crippen LogP contribution is 2.25. The van der Waals surface area contributed by atoms with Crippen molar-refractivity contribution >= 4 is 59.2 Å². The first-order chi connectivity index (χ1) is 12.9. The van der Waals surface area contributed by atoms with Crippen molar-refractivity contribution in [3.05, 3.63) is 44.8 Å². The van der Waals surface area contributed by atoms with Crippen molar-refractivity contribution in [2.24, 2.45) is 0 Å². The van der Waals surface area contributed by atoms with E-state index in [9.17, 15) is 9.59 Å². The van der Waals surface area contributed by atoms with E-state index in [1.54, 1.807) is 23.1 Å². The van der Waals surface area contributed by atoms with Crippen molar-refractivity contribution in [3.63, 3.8) is 0 Å². The summed E-state index contributed by atoms with van der Waals surface area (Å²) >= 11 is 17.2. The van der Waals surface area contributed by atoms with Gasteiger partial charge in [-0.25, -0.2) is 14.6 Å². The van der Waals surface area contributed by atoms with Crippen LogP contribution in [0.25, 0.3) is 0 Å². The fraction of sp³-hybridized carbons (Fsp3) is 0.312. The van der Waals surface area contributed by atoms with Crippen molar-refractivity contribution in [2.75, 3.05) is 25.5 Å². The van der Waals surface area contributed by atoms with Crippen molar-refractivity contribution in [2.45, 2.75) is 6.04 Å². The zero-order chi connectivity index (χ0) is 19.8. The number of ether oxygens (including phenoxy) is 2. The molecule has 27 heavy (non-hydrogen) atoms. The first kappa shape index (κ1) is 21.6. The predicted octanol–water partition coefficient (Wildman–Crippen LogP) is 3.96. The minimum atomic E-state index is -0.966. The van der Waals surface area contributed by atoms with Crippen LogP contribution in [0.3, 0.4) is 0 Å². The van der Waals surface area contributed by atoms with Crippen molar-refractivity contribution in [1.29, 1.82) is 0 Å². The Morgan fingerprint density at radius 3 is 2.63 bits per heavy atom. The Hall–Kier alpha value is -1.68. The SMILES string of the molecule is O=C(O)c1cscn1.O=C1OC[C@H](COc2cc(Cl)cc(Cl)c2)N1CCS. The minimum Gasteiger partial charge on any atom is -0.491 e. The van der Waals surface area contributed by atoms with Gasteiger partial charge in [0.15, 0.2) is 5.69 Å². The van der Waals surface area contributed by atoms with Gasteiger partial charge in [0.25, 0.3) is 0 Å². The third-order valence-electron chi connectivity index (χ3n) is 3.35. The summed E-state index contributed by atoms with van der Waals surface area (Å²) in [5.74, 6) is 0.183. The molecule has 146 valence electrons. The topological polar surface area (TPSA) is 89.0 Å². The van der Waals surface area contributed by atoms with E-state index < -0.39 is 5.97 Å². The smallest absolute Gasteiger partial charge is 0.410 e. The van der Waals surface area contributed by atoms with Crippen LogP contribution in [-0.2, 0) is 4.74 Å². The number of carbonyl (C=O) groups excluding carboxylic acids is 1. The number of carboxylic acid groups (broad SMARTS) is 1. The van der Waals surface area contributed by atoms with Crippen LogP contribution >= 0.6 is 47.2 Å². The van der Waals surface area contributed by atoms with Gasteiger partial charge in [0, 0.05) is 27.7 Å². The zero-order valence-corrected chi connectivity index (χ0v) is 17.1. The van der Waals surface area contributed by atoms with E-state index in [2.05, 4.69) is 17.6 Å². The largest absolute Gasteiger partial charge is 0.491 e. The number of thiol groups is 1. The molecule has 3 rings (SSSR count). The van der Waals surface area contributed by atoms with Gasteiger partial charge in [0.1, 0.15) is 25.0 Å². The van der Waals surface area contributed by atoms with Crippen molar-refractivity contribution < 1.29 is 24.2 Å². The average molecular weight is 451 g/mol. The first-order valence-corrected chi connectivity index (χ1v) is 9.98. The van der Waals surface area contributed by atoms with Crippen LogP contribution < -0.4 is 4.74 Å². The van der Waals surface area contributed by atoms with Gasteiger partial charge in [-0.1, -0.05) is 23.2 Å². The maximum atomic E-state index is 11.5. The highest BCUT2D eigenvalue weighted by Gasteiger charge is 2.32. The van der Waals surface area contributed by atoms with Gasteiger partial charge in [-0.2, -0.15) is 12.6 Å². The zero-order valence-electron chi connectivity index (χ0n) is 13.9. The van der Waals surface area contributed by atoms with Crippen LogP contribution in [0.15, 0.2) is 29.1 Å². The molecule has 1 aliphatic rings. The normalized spacial score (nSPS) is 15.7. The van der Waals surface area contributed by atoms with E-state index in [0.717, 1.165) is 0 Å². The molecule has 0 bridgehead atoms. The molecule has 1 N–H and O–H groups in total. The monoisotopic (exact) mass is 450 g/mol. The number of nitrogens with zero attached hydrogens (tertiary/aromatic N) is 2. The molecule has 1 fully saturated rings. The molecular formula is C16H16Cl2N2O5S2. The van der Waals surface area contributed by atoms with E-state index in [0.29, 0.717) is 41.3 Å². The number of benzene rings is 1. The third-order valence-corrected chi connectivity index (χ3v) is 4.57. The molecule has 0 aliphatic carbocycles. The molecule has 2 aromatic rings. The van der Waals surface area contributed by atoms with Crippen LogP contribution in [0.2, 0.25) is 10.0 Å². The summed E-state index contributed by atoms with van der Waals surface area (Å²) in [5, 5.41) is 10.7. The summed E-state index contributed by atoms with van der Waals surface area (Å²) in [6.07, 6.45) is -0.327. The number of aromatic nitrogens is 1. The molecule has 0 radical (unpaired) electrons. The van der Waals surface area contributed by atoms with E-state index in [1.165, 1.54) is 22.2 Å². The molecule has 1 aromatic carbocycles. The van der Waals surface area contributed by atoms with Crippen molar-refractivity contribution in [1.82, 2.24) is 9.88 Å². The lowest BCUT2D eigenvalue weighted by molar-refractivity contribution is 0.0691. The first-order valence-electron chi connectivity index (χ1n) is 7.65. The number of hydrogen-bond donors (Lipinski definition) is 2. The summed E-state index contributed by atoms with van der Waals surface area (Å²) in [4.78, 5) is 26.6. The molecule has 0 unspecified atom stereocenters. The number of carbonyl (C=O) groups is 2. The lowest BCUT2D eigenvalue weighted by atomic mass is 10.3. The standard InChI is InChI=1S/C12H13Cl2NO3S.C4H3NO2S/c13-8-3-9(14)5-11(4-8)17-6-10-7-18-12(16)15(10)1-2-19;6-4(7)3-1-8-2-5-3/h3-5,10,19H,1-2,6-7H2;1-2H,(H,6,7)/t10-;/m0./s1. The quantitative estimate of drug-likeness (QED) is 0.647. The molecule has 7 nitrogen and oxygen atoms in total. The van der Waals surface area contributed by atoms with Gasteiger partial charge in [-0.3, -0.25) is 4.90 Å². The highest BCUT2D eigenvalue weighted by atomic mass is 35.5. The number of aromatic carboxylic acids is 1. The second-order valence-electron chi connectivity index (χ2n) is 5.24. The molecule has 2 heterocycles. The van der Waals surface area contributed by atoms with Crippen LogP contribution in [0.5, 0.6) is 5.75 Å². The fourth-order valence-corrected chi connectivity index (χ4v) is 3.38. The van der Waals surface area contributed by atoms with Crippen LogP contribution in [-0.4, -0.2) is 58.6 Å². The summed E-state index contributed by atoms with van der Waals surface area (Å²) in [5.41, 5.74) is 1.61. The molecule has 1 atom stereocenters. The Bertz CT molecular complexity index is 756. The maximum Gasteiger partial charge on any atom is 0.410 e. The molecule has 0 spiro atoms. The van der Waals surface area contributed by atoms with Crippen LogP contribution in [0, 0.1) is 0 Å². The second kappa shape index (κ2) is 10.6. The van der Waals surface area contributed by atoms with E-state index in [-0.39, 0.29) is 17.8 Å². The number of halogens is 2. The Morgan fingerprint density at radius 1 is 1.41 bits per heavy atom. The fourth-order valence-electron chi connectivity index (χ4n) is 2.13. The number of cyclic esters (lactones) is 1. The molecular weight excluding hydrogens is 435 g/mol. The summed E-state index contributed by atoms with van der Waals surface area (Å²) < 4.78 is 10.6. The molecule has 1 aromatic heterocycles. The summed E-state index contributed by atoms with van der Waals surface area (Å²) in [7, 11) is 0. The molecule has 11 heteroatoms. The van der Waals surface area contributed by atoms with E-state index in [4.69, 9.17) is 37.8 Å². The lowest BCUT2D eigenvalue weighted by Gasteiger charge is -2.20. The predicted molar refractivity (Wildman–Crippen MR) is 107 cm³/mol. The van der Waals surface area contributed by atoms with Gasteiger partial charge >= 0.3 is 12.1 Å². The second-order valence-corrected chi connectivity index (χ2v) is 7.28. The number of carboxylic acids is 1. The van der Waals surface area contributed by atoms with Gasteiger partial charge in [-0.15, -0.1) is 11.3 Å². The Kier molecular flexibility index (Phi) is 8.49. The number of amides is 1. The molecule has 0 saturated carbocycles. The highest BCUT2D eigenvalue weighted by molar-refractivity contribution is 7.80. The Labute approximate surface area is 175 Å². The summed E-state index contributed by atoms with van der Waals surface area (Å²) in [6, 6.07) is 4.87. The maximum absolute atomic E-state index is 11.5. The lowest BCUT2D eigenvalue weighted by Crippen LogP contribution is -2.39. The minimum absolute atomic E-state index is 0.114. The molecule has 1 amide bonds.